The van der Waals surface area contributed by atoms with Crippen molar-refractivity contribution in [3.05, 3.63) is 24.3 Å². The molecule has 3 rings (SSSR count). The summed E-state index contributed by atoms with van der Waals surface area (Å²) >= 11 is 0. The summed E-state index contributed by atoms with van der Waals surface area (Å²) in [6.07, 6.45) is 4.60. The first-order valence-corrected chi connectivity index (χ1v) is 9.98. The van der Waals surface area contributed by atoms with Crippen LogP contribution in [0.3, 0.4) is 0 Å². The van der Waals surface area contributed by atoms with Crippen LogP contribution in [0.1, 0.15) is 52.9 Å². The van der Waals surface area contributed by atoms with E-state index < -0.39 is 5.60 Å². The van der Waals surface area contributed by atoms with Crippen molar-refractivity contribution in [3.8, 4) is 5.88 Å². The first kappa shape index (κ1) is 20.2. The van der Waals surface area contributed by atoms with Gasteiger partial charge in [0.2, 0.25) is 0 Å². The Hall–Kier alpha value is -2.57. The van der Waals surface area contributed by atoms with Crippen molar-refractivity contribution in [2.24, 2.45) is 0 Å². The van der Waals surface area contributed by atoms with Gasteiger partial charge < -0.3 is 20.1 Å². The van der Waals surface area contributed by atoms with Crippen LogP contribution in [-0.4, -0.2) is 45.8 Å². The molecular weight excluding hydrogens is 356 g/mol. The molecule has 28 heavy (non-hydrogen) atoms. The van der Waals surface area contributed by atoms with E-state index in [0.29, 0.717) is 18.3 Å². The third-order valence-corrected chi connectivity index (χ3v) is 4.74. The predicted molar refractivity (Wildman–Crippen MR) is 109 cm³/mol. The number of anilines is 1. The third kappa shape index (κ3) is 5.24. The molecule has 1 aromatic heterocycles. The summed E-state index contributed by atoms with van der Waals surface area (Å²) in [5, 5.41) is 0. The first-order valence-electron chi connectivity index (χ1n) is 9.98. The first-order chi connectivity index (χ1) is 13.3. The minimum atomic E-state index is -0.478. The molecule has 2 N–H and O–H groups in total. The number of hydrogen-bond acceptors (Lipinski definition) is 6. The lowest BCUT2D eigenvalue weighted by Crippen LogP contribution is -2.46. The van der Waals surface area contributed by atoms with Crippen molar-refractivity contribution in [2.75, 3.05) is 18.9 Å². The average molecular weight is 386 g/mol. The molecule has 7 nitrogen and oxygen atoms in total. The van der Waals surface area contributed by atoms with Gasteiger partial charge in [0.15, 0.2) is 5.82 Å². The second kappa shape index (κ2) is 8.63. The molecule has 1 atom stereocenters. The molecule has 152 valence electrons. The Labute approximate surface area is 166 Å². The number of para-hydroxylation sites is 2. The quantitative estimate of drug-likeness (QED) is 0.776. The van der Waals surface area contributed by atoms with Crippen molar-refractivity contribution in [2.45, 2.75) is 64.5 Å². The van der Waals surface area contributed by atoms with E-state index in [4.69, 9.17) is 15.2 Å². The highest BCUT2D eigenvalue weighted by atomic mass is 16.6. The summed E-state index contributed by atoms with van der Waals surface area (Å²) in [4.78, 5) is 23.1. The number of rotatable bonds is 5. The summed E-state index contributed by atoms with van der Waals surface area (Å²) < 4.78 is 11.3. The van der Waals surface area contributed by atoms with Gasteiger partial charge in [-0.2, -0.15) is 0 Å². The fourth-order valence-electron chi connectivity index (χ4n) is 3.45. The summed E-state index contributed by atoms with van der Waals surface area (Å²) in [5.74, 6) is 0.665. The predicted octanol–water partition coefficient (Wildman–Crippen LogP) is 4.16. The van der Waals surface area contributed by atoms with Crippen molar-refractivity contribution in [1.82, 2.24) is 14.9 Å². The maximum Gasteiger partial charge on any atom is 0.410 e. The maximum absolute atomic E-state index is 12.5. The molecule has 2 heterocycles. The molecule has 1 amide bonds. The fraction of sp³-hybridized carbons (Fsp3) is 0.571. The number of carbonyl (C=O) groups excluding carboxylic acids is 1. The Morgan fingerprint density at radius 1 is 1.21 bits per heavy atom. The molecule has 0 saturated carbocycles. The summed E-state index contributed by atoms with van der Waals surface area (Å²) in [6.45, 7) is 6.92. The van der Waals surface area contributed by atoms with Gasteiger partial charge in [0, 0.05) is 12.6 Å². The summed E-state index contributed by atoms with van der Waals surface area (Å²) in [7, 11) is 0. The van der Waals surface area contributed by atoms with Gasteiger partial charge in [-0.05, 0) is 65.0 Å². The van der Waals surface area contributed by atoms with Gasteiger partial charge in [-0.25, -0.2) is 14.8 Å². The SMILES string of the molecule is CC(C)(C)OC(=O)N1CCCC[C@H]1CCCOc1nc2ccccc2nc1N. The number of amides is 1. The van der Waals surface area contributed by atoms with E-state index in [2.05, 4.69) is 9.97 Å². The van der Waals surface area contributed by atoms with Gasteiger partial charge >= 0.3 is 6.09 Å². The number of benzene rings is 1. The Morgan fingerprint density at radius 2 is 1.93 bits per heavy atom. The highest BCUT2D eigenvalue weighted by Gasteiger charge is 2.30. The monoisotopic (exact) mass is 386 g/mol. The number of nitrogens with zero attached hydrogens (tertiary/aromatic N) is 3. The molecule has 0 radical (unpaired) electrons. The Morgan fingerprint density at radius 3 is 2.64 bits per heavy atom. The number of ether oxygens (including phenoxy) is 2. The number of hydrogen-bond donors (Lipinski definition) is 1. The molecule has 0 bridgehead atoms. The lowest BCUT2D eigenvalue weighted by Gasteiger charge is -2.36. The van der Waals surface area contributed by atoms with Crippen molar-refractivity contribution in [1.29, 1.82) is 0 Å². The van der Waals surface area contributed by atoms with E-state index >= 15 is 0 Å². The Kier molecular flexibility index (Phi) is 6.21. The van der Waals surface area contributed by atoms with Gasteiger partial charge in [0.25, 0.3) is 5.88 Å². The number of piperidine rings is 1. The van der Waals surface area contributed by atoms with Gasteiger partial charge in [0.05, 0.1) is 17.6 Å². The van der Waals surface area contributed by atoms with Crippen LogP contribution < -0.4 is 10.5 Å². The summed E-state index contributed by atoms with van der Waals surface area (Å²) in [5.41, 5.74) is 7.00. The zero-order valence-electron chi connectivity index (χ0n) is 17.0. The van der Waals surface area contributed by atoms with Crippen LogP contribution in [-0.2, 0) is 4.74 Å². The number of fused-ring (bicyclic) bond motifs is 1. The number of nitrogen functional groups attached to an aromatic ring is 1. The number of carbonyl (C=O) groups is 1. The van der Waals surface area contributed by atoms with Gasteiger partial charge in [0.1, 0.15) is 5.60 Å². The van der Waals surface area contributed by atoms with Crippen LogP contribution >= 0.6 is 0 Å². The zero-order valence-corrected chi connectivity index (χ0v) is 17.0. The highest BCUT2D eigenvalue weighted by molar-refractivity contribution is 5.76. The van der Waals surface area contributed by atoms with Crippen molar-refractivity contribution in [3.63, 3.8) is 0 Å². The van der Waals surface area contributed by atoms with Crippen LogP contribution in [0.15, 0.2) is 24.3 Å². The lowest BCUT2D eigenvalue weighted by atomic mass is 9.98. The van der Waals surface area contributed by atoms with E-state index in [1.54, 1.807) is 0 Å². The molecule has 1 aliphatic rings. The van der Waals surface area contributed by atoms with E-state index in [1.807, 2.05) is 49.9 Å². The van der Waals surface area contributed by atoms with Crippen LogP contribution in [0.25, 0.3) is 11.0 Å². The van der Waals surface area contributed by atoms with Crippen LogP contribution in [0.5, 0.6) is 5.88 Å². The third-order valence-electron chi connectivity index (χ3n) is 4.74. The molecule has 2 aromatic rings. The van der Waals surface area contributed by atoms with Gasteiger partial charge in [-0.1, -0.05) is 12.1 Å². The standard InChI is InChI=1S/C21H30N4O3/c1-21(2,3)28-20(26)25-13-7-6-9-15(25)10-8-14-27-19-18(22)23-16-11-4-5-12-17(16)24-19/h4-5,11-12,15H,6-10,13-14H2,1-3H3,(H2,22,23)/t15-/m0/s1. The molecular formula is C21H30N4O3. The second-order valence-electron chi connectivity index (χ2n) is 8.22. The van der Waals surface area contributed by atoms with Crippen LogP contribution in [0.4, 0.5) is 10.6 Å². The molecule has 0 spiro atoms. The Balaban J connectivity index is 1.53. The molecule has 1 aliphatic heterocycles. The normalized spacial score (nSPS) is 17.5. The smallest absolute Gasteiger partial charge is 0.410 e. The van der Waals surface area contributed by atoms with Crippen LogP contribution in [0, 0.1) is 0 Å². The highest BCUT2D eigenvalue weighted by Crippen LogP contribution is 2.24. The maximum atomic E-state index is 12.5. The van der Waals surface area contributed by atoms with E-state index in [1.165, 1.54) is 0 Å². The van der Waals surface area contributed by atoms with E-state index in [0.717, 1.165) is 49.7 Å². The number of aromatic nitrogens is 2. The lowest BCUT2D eigenvalue weighted by molar-refractivity contribution is 0.00822. The second-order valence-corrected chi connectivity index (χ2v) is 8.22. The molecule has 1 fully saturated rings. The van der Waals surface area contributed by atoms with Gasteiger partial charge in [-0.15, -0.1) is 0 Å². The zero-order chi connectivity index (χ0) is 20.1. The number of nitrogens with two attached hydrogens (primary N) is 1. The van der Waals surface area contributed by atoms with Crippen LogP contribution in [0.2, 0.25) is 0 Å². The minimum Gasteiger partial charge on any atom is -0.475 e. The number of likely N-dealkylation sites (tertiary alicyclic amines) is 1. The molecule has 7 heteroatoms. The molecule has 1 aromatic carbocycles. The fourth-order valence-corrected chi connectivity index (χ4v) is 3.45. The topological polar surface area (TPSA) is 90.6 Å². The molecule has 0 aliphatic carbocycles. The molecule has 0 unspecified atom stereocenters. The van der Waals surface area contributed by atoms with E-state index in [9.17, 15) is 4.79 Å². The van der Waals surface area contributed by atoms with Crippen molar-refractivity contribution < 1.29 is 14.3 Å². The Bertz CT molecular complexity index is 819. The largest absolute Gasteiger partial charge is 0.475 e. The molecule has 1 saturated heterocycles. The van der Waals surface area contributed by atoms with E-state index in [-0.39, 0.29) is 12.1 Å². The minimum absolute atomic E-state index is 0.187. The van der Waals surface area contributed by atoms with Crippen molar-refractivity contribution >= 4 is 22.9 Å². The average Bonchev–Trinajstić information content (AvgIpc) is 2.64. The summed E-state index contributed by atoms with van der Waals surface area (Å²) in [6, 6.07) is 7.75. The van der Waals surface area contributed by atoms with Gasteiger partial charge in [-0.3, -0.25) is 0 Å².